The molecule has 0 radical (unpaired) electrons. The van der Waals surface area contributed by atoms with Crippen molar-refractivity contribution in [3.63, 3.8) is 0 Å². The summed E-state index contributed by atoms with van der Waals surface area (Å²) < 4.78 is 12.9. The van der Waals surface area contributed by atoms with Crippen LogP contribution >= 0.6 is 0 Å². The zero-order chi connectivity index (χ0) is 19.3. The minimum absolute atomic E-state index is 0.0738. The van der Waals surface area contributed by atoms with Crippen LogP contribution in [0.25, 0.3) is 10.9 Å². The summed E-state index contributed by atoms with van der Waals surface area (Å²) in [4.78, 5) is 15.4. The molecule has 28 heavy (non-hydrogen) atoms. The highest BCUT2D eigenvalue weighted by atomic mass is 16.5. The molecule has 2 fully saturated rings. The van der Waals surface area contributed by atoms with Gasteiger partial charge in [0, 0.05) is 31.1 Å². The van der Waals surface area contributed by atoms with Gasteiger partial charge in [0.15, 0.2) is 5.69 Å². The van der Waals surface area contributed by atoms with Gasteiger partial charge in [0.05, 0.1) is 26.9 Å². The summed E-state index contributed by atoms with van der Waals surface area (Å²) in [6.07, 6.45) is 5.76. The number of morpholine rings is 1. The van der Waals surface area contributed by atoms with Gasteiger partial charge in [-0.05, 0) is 18.9 Å². The molecule has 1 aromatic heterocycles. The van der Waals surface area contributed by atoms with Gasteiger partial charge in [-0.2, -0.15) is 5.10 Å². The molecular weight excluding hydrogens is 356 g/mol. The van der Waals surface area contributed by atoms with Gasteiger partial charge < -0.3 is 14.8 Å². The molecule has 1 amide bonds. The van der Waals surface area contributed by atoms with E-state index < -0.39 is 0 Å². The van der Waals surface area contributed by atoms with Gasteiger partial charge >= 0.3 is 0 Å². The third-order valence-corrected chi connectivity index (χ3v) is 5.84. The van der Waals surface area contributed by atoms with Crippen LogP contribution in [0.1, 0.15) is 42.6 Å². The minimum atomic E-state index is -0.0738. The summed E-state index contributed by atoms with van der Waals surface area (Å²) in [7, 11) is 1.66. The third-order valence-electron chi connectivity index (χ3n) is 5.84. The van der Waals surface area contributed by atoms with Crippen molar-refractivity contribution in [1.29, 1.82) is 0 Å². The molecule has 152 valence electrons. The van der Waals surface area contributed by atoms with Crippen LogP contribution in [-0.2, 0) is 11.3 Å². The number of carbonyl (C=O) groups excluding carboxylic acids is 1. The number of aromatic nitrogens is 2. The number of ether oxygens (including phenoxy) is 2. The molecule has 2 heterocycles. The van der Waals surface area contributed by atoms with E-state index in [1.54, 1.807) is 7.11 Å². The average molecular weight is 386 g/mol. The van der Waals surface area contributed by atoms with E-state index >= 15 is 0 Å². The maximum absolute atomic E-state index is 13.0. The molecule has 1 aliphatic heterocycles. The van der Waals surface area contributed by atoms with Crippen LogP contribution in [0.15, 0.2) is 18.2 Å². The summed E-state index contributed by atoms with van der Waals surface area (Å²) in [6, 6.07) is 6.08. The Bertz CT molecular complexity index is 807. The zero-order valence-electron chi connectivity index (χ0n) is 16.7. The van der Waals surface area contributed by atoms with Crippen molar-refractivity contribution >= 4 is 16.8 Å². The second kappa shape index (κ2) is 8.92. The van der Waals surface area contributed by atoms with Gasteiger partial charge in [0.2, 0.25) is 0 Å². The Morgan fingerprint density at radius 2 is 2.00 bits per heavy atom. The van der Waals surface area contributed by atoms with Gasteiger partial charge in [0.25, 0.3) is 5.91 Å². The summed E-state index contributed by atoms with van der Waals surface area (Å²) >= 11 is 0. The topological polar surface area (TPSA) is 68.6 Å². The van der Waals surface area contributed by atoms with Crippen molar-refractivity contribution in [2.24, 2.45) is 0 Å². The van der Waals surface area contributed by atoms with Crippen LogP contribution in [0.2, 0.25) is 0 Å². The van der Waals surface area contributed by atoms with Crippen molar-refractivity contribution in [3.05, 3.63) is 23.9 Å². The molecule has 1 saturated heterocycles. The van der Waals surface area contributed by atoms with Gasteiger partial charge in [0.1, 0.15) is 11.3 Å². The fourth-order valence-corrected chi connectivity index (χ4v) is 4.26. The monoisotopic (exact) mass is 386 g/mol. The molecular formula is C21H30N4O3. The van der Waals surface area contributed by atoms with Crippen LogP contribution < -0.4 is 10.1 Å². The number of amides is 1. The molecule has 7 nitrogen and oxygen atoms in total. The van der Waals surface area contributed by atoms with E-state index in [0.717, 1.165) is 62.3 Å². The van der Waals surface area contributed by atoms with E-state index in [1.165, 1.54) is 19.3 Å². The first-order chi connectivity index (χ1) is 13.8. The third kappa shape index (κ3) is 4.15. The lowest BCUT2D eigenvalue weighted by Gasteiger charge is -2.26. The van der Waals surface area contributed by atoms with E-state index in [0.29, 0.717) is 12.2 Å². The lowest BCUT2D eigenvalue weighted by atomic mass is 9.95. The largest absolute Gasteiger partial charge is 0.494 e. The summed E-state index contributed by atoms with van der Waals surface area (Å²) in [5.41, 5.74) is 1.40. The molecule has 1 N–H and O–H groups in total. The summed E-state index contributed by atoms with van der Waals surface area (Å²) in [5.74, 6) is 0.680. The lowest BCUT2D eigenvalue weighted by Crippen LogP contribution is -2.38. The maximum Gasteiger partial charge on any atom is 0.272 e. The number of nitrogens with one attached hydrogen (secondary N) is 1. The van der Waals surface area contributed by atoms with Crippen molar-refractivity contribution in [2.45, 2.75) is 44.7 Å². The smallest absolute Gasteiger partial charge is 0.272 e. The van der Waals surface area contributed by atoms with E-state index in [1.807, 2.05) is 22.9 Å². The number of hydrogen-bond acceptors (Lipinski definition) is 5. The Morgan fingerprint density at radius 3 is 2.75 bits per heavy atom. The van der Waals surface area contributed by atoms with Gasteiger partial charge in [-0.1, -0.05) is 31.4 Å². The number of carbonyl (C=O) groups is 1. The lowest BCUT2D eigenvalue weighted by molar-refractivity contribution is 0.0361. The molecule has 2 aromatic rings. The maximum atomic E-state index is 13.0. The molecule has 1 saturated carbocycles. The number of hydrogen-bond donors (Lipinski definition) is 1. The average Bonchev–Trinajstić information content (AvgIpc) is 3.13. The fraction of sp³-hybridized carbons (Fsp3) is 0.619. The van der Waals surface area contributed by atoms with Crippen molar-refractivity contribution in [3.8, 4) is 5.75 Å². The summed E-state index contributed by atoms with van der Waals surface area (Å²) in [6.45, 7) is 5.02. The van der Waals surface area contributed by atoms with Gasteiger partial charge in [-0.3, -0.25) is 14.4 Å². The van der Waals surface area contributed by atoms with E-state index in [2.05, 4.69) is 10.2 Å². The standard InChI is InChI=1S/C21H30N4O3/c1-27-18-9-5-8-17-19(21(26)22-16-6-3-2-4-7-16)23-25(20(17)18)11-10-24-12-14-28-15-13-24/h5,8-9,16H,2-4,6-7,10-15H2,1H3,(H,22,26). The normalized spacial score (nSPS) is 19.0. The molecule has 0 spiro atoms. The van der Waals surface area contributed by atoms with Crippen molar-refractivity contribution in [2.75, 3.05) is 40.0 Å². The molecule has 0 unspecified atom stereocenters. The molecule has 1 aliphatic carbocycles. The molecule has 4 rings (SSSR count). The van der Waals surface area contributed by atoms with E-state index in [9.17, 15) is 4.79 Å². The minimum Gasteiger partial charge on any atom is -0.494 e. The highest BCUT2D eigenvalue weighted by Gasteiger charge is 2.23. The number of fused-ring (bicyclic) bond motifs is 1. The quantitative estimate of drug-likeness (QED) is 0.826. The molecule has 2 aliphatic rings. The predicted octanol–water partition coefficient (Wildman–Crippen LogP) is 2.44. The number of rotatable bonds is 6. The molecule has 0 atom stereocenters. The Labute approximate surface area is 166 Å². The van der Waals surface area contributed by atoms with Crippen LogP contribution in [0.3, 0.4) is 0 Å². The van der Waals surface area contributed by atoms with Gasteiger partial charge in [-0.25, -0.2) is 0 Å². The summed E-state index contributed by atoms with van der Waals surface area (Å²) in [5, 5.41) is 8.77. The first-order valence-corrected chi connectivity index (χ1v) is 10.4. The molecule has 0 bridgehead atoms. The van der Waals surface area contributed by atoms with Crippen LogP contribution in [0.4, 0.5) is 0 Å². The Morgan fingerprint density at radius 1 is 1.21 bits per heavy atom. The Hall–Kier alpha value is -2.12. The molecule has 7 heteroatoms. The van der Waals surface area contributed by atoms with E-state index in [-0.39, 0.29) is 11.9 Å². The zero-order valence-corrected chi connectivity index (χ0v) is 16.7. The predicted molar refractivity (Wildman–Crippen MR) is 108 cm³/mol. The Balaban J connectivity index is 1.58. The number of para-hydroxylation sites is 1. The van der Waals surface area contributed by atoms with Gasteiger partial charge in [-0.15, -0.1) is 0 Å². The molecule has 1 aromatic carbocycles. The van der Waals surface area contributed by atoms with Crippen LogP contribution in [-0.4, -0.2) is 66.6 Å². The fourth-order valence-electron chi connectivity index (χ4n) is 4.26. The van der Waals surface area contributed by atoms with Crippen molar-refractivity contribution in [1.82, 2.24) is 20.0 Å². The first kappa shape index (κ1) is 19.2. The highest BCUT2D eigenvalue weighted by molar-refractivity contribution is 6.06. The van der Waals surface area contributed by atoms with Crippen LogP contribution in [0.5, 0.6) is 5.75 Å². The first-order valence-electron chi connectivity index (χ1n) is 10.4. The van der Waals surface area contributed by atoms with E-state index in [4.69, 9.17) is 14.6 Å². The SMILES string of the molecule is COc1cccc2c(C(=O)NC3CCCCC3)nn(CCN3CCOCC3)c12. The number of benzene rings is 1. The number of methoxy groups -OCH3 is 1. The van der Waals surface area contributed by atoms with Crippen LogP contribution in [0, 0.1) is 0 Å². The highest BCUT2D eigenvalue weighted by Crippen LogP contribution is 2.28. The number of nitrogens with zero attached hydrogens (tertiary/aromatic N) is 3. The Kier molecular flexibility index (Phi) is 6.12. The second-order valence-corrected chi connectivity index (χ2v) is 7.69. The van der Waals surface area contributed by atoms with Crippen molar-refractivity contribution < 1.29 is 14.3 Å². The second-order valence-electron chi connectivity index (χ2n) is 7.69.